The summed E-state index contributed by atoms with van der Waals surface area (Å²) in [7, 11) is 0. The van der Waals surface area contributed by atoms with Crippen LogP contribution in [0.2, 0.25) is 10.0 Å². The molecule has 1 aliphatic rings. The fourth-order valence-corrected chi connectivity index (χ4v) is 3.51. The van der Waals surface area contributed by atoms with Crippen molar-refractivity contribution in [2.24, 2.45) is 0 Å². The van der Waals surface area contributed by atoms with Gasteiger partial charge in [0.1, 0.15) is 6.04 Å². The van der Waals surface area contributed by atoms with Crippen LogP contribution in [-0.4, -0.2) is 35.8 Å². The maximum atomic E-state index is 12.9. The zero-order valence-corrected chi connectivity index (χ0v) is 16.4. The molecule has 4 nitrogen and oxygen atoms in total. The Morgan fingerprint density at radius 2 is 1.81 bits per heavy atom. The van der Waals surface area contributed by atoms with Crippen LogP contribution in [0, 0.1) is 13.8 Å². The van der Waals surface area contributed by atoms with Gasteiger partial charge in [-0.2, -0.15) is 0 Å². The number of amides is 2. The van der Waals surface area contributed by atoms with Gasteiger partial charge in [0.15, 0.2) is 0 Å². The van der Waals surface area contributed by atoms with Gasteiger partial charge in [-0.15, -0.1) is 0 Å². The lowest BCUT2D eigenvalue weighted by molar-refractivity contribution is -0.124. The normalized spacial score (nSPS) is 17.6. The van der Waals surface area contributed by atoms with Gasteiger partial charge in [0.05, 0.1) is 10.0 Å². The molecule has 0 bridgehead atoms. The Morgan fingerprint density at radius 1 is 1.08 bits per heavy atom. The van der Waals surface area contributed by atoms with Crippen LogP contribution >= 0.6 is 23.2 Å². The molecule has 2 amide bonds. The zero-order valence-electron chi connectivity index (χ0n) is 14.9. The van der Waals surface area contributed by atoms with Crippen molar-refractivity contribution in [1.82, 2.24) is 4.90 Å². The molecule has 3 rings (SSSR count). The van der Waals surface area contributed by atoms with Crippen molar-refractivity contribution in [3.8, 4) is 0 Å². The van der Waals surface area contributed by atoms with E-state index in [9.17, 15) is 9.59 Å². The van der Waals surface area contributed by atoms with Crippen LogP contribution in [0.4, 0.5) is 5.69 Å². The van der Waals surface area contributed by atoms with Crippen molar-refractivity contribution in [3.05, 3.63) is 63.1 Å². The van der Waals surface area contributed by atoms with E-state index in [-0.39, 0.29) is 11.8 Å². The molecule has 1 saturated heterocycles. The molecule has 0 aliphatic carbocycles. The Balaban J connectivity index is 1.84. The van der Waals surface area contributed by atoms with Gasteiger partial charge in [0.2, 0.25) is 5.91 Å². The highest BCUT2D eigenvalue weighted by molar-refractivity contribution is 6.42. The lowest BCUT2D eigenvalue weighted by Gasteiger charge is -2.39. The van der Waals surface area contributed by atoms with Crippen LogP contribution in [0.15, 0.2) is 36.4 Å². The molecular weight excluding hydrogens is 371 g/mol. The first-order chi connectivity index (χ1) is 12.3. The fourth-order valence-electron chi connectivity index (χ4n) is 3.21. The molecule has 1 atom stereocenters. The van der Waals surface area contributed by atoms with Gasteiger partial charge in [-0.1, -0.05) is 35.3 Å². The Labute approximate surface area is 163 Å². The van der Waals surface area contributed by atoms with Gasteiger partial charge in [0, 0.05) is 24.3 Å². The minimum absolute atomic E-state index is 0.0849. The molecule has 0 N–H and O–H groups in total. The van der Waals surface area contributed by atoms with E-state index in [1.54, 1.807) is 34.9 Å². The van der Waals surface area contributed by atoms with Crippen molar-refractivity contribution in [1.29, 1.82) is 0 Å². The molecule has 0 aromatic heterocycles. The number of carbonyl (C=O) groups excluding carboxylic acids is 2. The maximum Gasteiger partial charge on any atom is 0.254 e. The highest BCUT2D eigenvalue weighted by atomic mass is 35.5. The minimum atomic E-state index is -0.550. The summed E-state index contributed by atoms with van der Waals surface area (Å²) in [5.41, 5.74) is 3.55. The summed E-state index contributed by atoms with van der Waals surface area (Å²) in [5.74, 6) is -0.302. The molecule has 1 aliphatic heterocycles. The number of halogens is 2. The quantitative estimate of drug-likeness (QED) is 0.757. The number of anilines is 1. The van der Waals surface area contributed by atoms with Crippen LogP contribution in [0.5, 0.6) is 0 Å². The van der Waals surface area contributed by atoms with Crippen LogP contribution in [0.1, 0.15) is 28.4 Å². The number of hydrogen-bond donors (Lipinski definition) is 0. The molecule has 1 fully saturated rings. The maximum absolute atomic E-state index is 12.9. The van der Waals surface area contributed by atoms with E-state index in [1.165, 1.54) is 0 Å². The van der Waals surface area contributed by atoms with E-state index in [4.69, 9.17) is 23.2 Å². The lowest BCUT2D eigenvalue weighted by Crippen LogP contribution is -2.58. The third kappa shape index (κ3) is 3.31. The third-order valence-electron chi connectivity index (χ3n) is 4.95. The van der Waals surface area contributed by atoms with Gasteiger partial charge >= 0.3 is 0 Å². The van der Waals surface area contributed by atoms with Gasteiger partial charge in [-0.05, 0) is 56.2 Å². The van der Waals surface area contributed by atoms with Gasteiger partial charge < -0.3 is 9.80 Å². The molecule has 26 heavy (non-hydrogen) atoms. The average Bonchev–Trinajstić information content (AvgIpc) is 2.62. The van der Waals surface area contributed by atoms with E-state index < -0.39 is 6.04 Å². The molecule has 0 saturated carbocycles. The predicted octanol–water partition coefficient (Wildman–Crippen LogP) is 4.49. The summed E-state index contributed by atoms with van der Waals surface area (Å²) in [4.78, 5) is 29.1. The molecule has 0 unspecified atom stereocenters. The van der Waals surface area contributed by atoms with E-state index >= 15 is 0 Å². The van der Waals surface area contributed by atoms with E-state index in [0.717, 1.165) is 16.8 Å². The van der Waals surface area contributed by atoms with Gasteiger partial charge in [-0.25, -0.2) is 0 Å². The molecule has 2 aromatic carbocycles. The number of hydrogen-bond acceptors (Lipinski definition) is 2. The first-order valence-electron chi connectivity index (χ1n) is 8.45. The van der Waals surface area contributed by atoms with Crippen LogP contribution in [0.3, 0.4) is 0 Å². The van der Waals surface area contributed by atoms with Crippen molar-refractivity contribution < 1.29 is 9.59 Å². The molecule has 2 aromatic rings. The van der Waals surface area contributed by atoms with Crippen LogP contribution in [0.25, 0.3) is 0 Å². The largest absolute Gasteiger partial charge is 0.325 e. The topological polar surface area (TPSA) is 40.6 Å². The first kappa shape index (κ1) is 18.7. The van der Waals surface area contributed by atoms with Gasteiger partial charge in [-0.3, -0.25) is 9.59 Å². The average molecular weight is 391 g/mol. The SMILES string of the molecule is Cc1cccc(N2CCN(C(=O)c3ccc(Cl)c(Cl)c3)[C@H](C)C2=O)c1C. The Kier molecular flexibility index (Phi) is 5.26. The molecule has 1 heterocycles. The van der Waals surface area contributed by atoms with Crippen molar-refractivity contribution >= 4 is 40.7 Å². The van der Waals surface area contributed by atoms with Gasteiger partial charge in [0.25, 0.3) is 5.91 Å². The van der Waals surface area contributed by atoms with Crippen LogP contribution < -0.4 is 4.90 Å². The monoisotopic (exact) mass is 390 g/mol. The summed E-state index contributed by atoms with van der Waals surface area (Å²) in [6.07, 6.45) is 0. The fraction of sp³-hybridized carbons (Fsp3) is 0.300. The van der Waals surface area contributed by atoms with Crippen molar-refractivity contribution in [3.63, 3.8) is 0 Å². The number of aryl methyl sites for hydroxylation is 1. The number of piperazine rings is 1. The van der Waals surface area contributed by atoms with E-state index in [0.29, 0.717) is 28.7 Å². The second-order valence-electron chi connectivity index (χ2n) is 6.51. The molecule has 6 heteroatoms. The number of nitrogens with zero attached hydrogens (tertiary/aromatic N) is 2. The Bertz CT molecular complexity index is 882. The number of rotatable bonds is 2. The second-order valence-corrected chi connectivity index (χ2v) is 7.33. The number of benzene rings is 2. The van der Waals surface area contributed by atoms with Crippen molar-refractivity contribution in [2.75, 3.05) is 18.0 Å². The predicted molar refractivity (Wildman–Crippen MR) is 105 cm³/mol. The first-order valence-corrected chi connectivity index (χ1v) is 9.20. The molecule has 136 valence electrons. The second kappa shape index (κ2) is 7.29. The molecule has 0 radical (unpaired) electrons. The summed E-state index contributed by atoms with van der Waals surface area (Å²) < 4.78 is 0. The Hall–Kier alpha value is -2.04. The summed E-state index contributed by atoms with van der Waals surface area (Å²) in [6, 6.07) is 10.1. The zero-order chi connectivity index (χ0) is 19.0. The van der Waals surface area contributed by atoms with E-state index in [1.807, 2.05) is 32.0 Å². The van der Waals surface area contributed by atoms with Crippen molar-refractivity contribution in [2.45, 2.75) is 26.8 Å². The third-order valence-corrected chi connectivity index (χ3v) is 5.69. The summed E-state index contributed by atoms with van der Waals surface area (Å²) >= 11 is 11.9. The lowest BCUT2D eigenvalue weighted by atomic mass is 10.0. The highest BCUT2D eigenvalue weighted by Crippen LogP contribution is 2.28. The Morgan fingerprint density at radius 3 is 2.50 bits per heavy atom. The standard InChI is InChI=1S/C20H20Cl2N2O2/c1-12-5-4-6-18(13(12)2)24-10-9-23(14(3)19(24)25)20(26)15-7-8-16(21)17(22)11-15/h4-8,11,14H,9-10H2,1-3H3/t14-/m1/s1. The highest BCUT2D eigenvalue weighted by Gasteiger charge is 2.36. The molecular formula is C20H20Cl2N2O2. The van der Waals surface area contributed by atoms with E-state index in [2.05, 4.69) is 0 Å². The summed E-state index contributed by atoms with van der Waals surface area (Å²) in [6.45, 7) is 6.71. The number of carbonyl (C=O) groups is 2. The summed E-state index contributed by atoms with van der Waals surface area (Å²) in [5, 5.41) is 0.720. The smallest absolute Gasteiger partial charge is 0.254 e. The molecule has 0 spiro atoms. The minimum Gasteiger partial charge on any atom is -0.325 e. The van der Waals surface area contributed by atoms with Crippen LogP contribution in [-0.2, 0) is 4.79 Å².